The molecule has 3 aromatic carbocycles. The van der Waals surface area contributed by atoms with Crippen LogP contribution in [0.4, 0.5) is 4.79 Å². The van der Waals surface area contributed by atoms with Gasteiger partial charge >= 0.3 is 6.09 Å². The first-order valence-corrected chi connectivity index (χ1v) is 9.57. The highest BCUT2D eigenvalue weighted by atomic mass is 16.6. The zero-order chi connectivity index (χ0) is 19.0. The van der Waals surface area contributed by atoms with Gasteiger partial charge < -0.3 is 9.47 Å². The fourth-order valence-electron chi connectivity index (χ4n) is 4.08. The topological polar surface area (TPSA) is 38.5 Å². The van der Waals surface area contributed by atoms with Gasteiger partial charge in [-0.25, -0.2) is 4.79 Å². The third-order valence-corrected chi connectivity index (χ3v) is 5.57. The van der Waals surface area contributed by atoms with E-state index >= 15 is 0 Å². The van der Waals surface area contributed by atoms with E-state index in [9.17, 15) is 4.79 Å². The van der Waals surface area contributed by atoms with Crippen LogP contribution in [0.1, 0.15) is 16.7 Å². The van der Waals surface area contributed by atoms with Gasteiger partial charge in [-0.05, 0) is 16.7 Å². The summed E-state index contributed by atoms with van der Waals surface area (Å²) in [4.78, 5) is 13.5. The molecule has 4 heteroatoms. The summed E-state index contributed by atoms with van der Waals surface area (Å²) >= 11 is 0. The van der Waals surface area contributed by atoms with E-state index < -0.39 is 5.60 Å². The molecule has 0 saturated carbocycles. The lowest BCUT2D eigenvalue weighted by atomic mass is 9.80. The molecule has 2 saturated heterocycles. The van der Waals surface area contributed by atoms with E-state index in [-0.39, 0.29) is 18.2 Å². The Labute approximate surface area is 164 Å². The first-order chi connectivity index (χ1) is 13.8. The van der Waals surface area contributed by atoms with Gasteiger partial charge in [-0.1, -0.05) is 91.0 Å². The molecule has 3 aromatic rings. The van der Waals surface area contributed by atoms with Gasteiger partial charge in [0.15, 0.2) is 0 Å². The van der Waals surface area contributed by atoms with Crippen molar-refractivity contribution in [3.8, 4) is 0 Å². The van der Waals surface area contributed by atoms with E-state index in [1.165, 1.54) is 0 Å². The molecule has 2 heterocycles. The molecule has 2 fully saturated rings. The molecular weight excluding hydrogens is 350 g/mol. The van der Waals surface area contributed by atoms with Gasteiger partial charge in [-0.3, -0.25) is 4.90 Å². The molecule has 0 N–H and O–H groups in total. The average Bonchev–Trinajstić information content (AvgIpc) is 3.51. The van der Waals surface area contributed by atoms with Crippen molar-refractivity contribution in [2.24, 2.45) is 0 Å². The van der Waals surface area contributed by atoms with E-state index in [2.05, 4.69) is 36.4 Å². The molecule has 0 bridgehead atoms. The van der Waals surface area contributed by atoms with Crippen LogP contribution >= 0.6 is 0 Å². The second-order valence-corrected chi connectivity index (χ2v) is 7.23. The average molecular weight is 371 g/mol. The molecule has 28 heavy (non-hydrogen) atoms. The van der Waals surface area contributed by atoms with Crippen molar-refractivity contribution < 1.29 is 14.3 Å². The highest BCUT2D eigenvalue weighted by Crippen LogP contribution is 2.42. The minimum Gasteiger partial charge on any atom is -0.441 e. The van der Waals surface area contributed by atoms with Gasteiger partial charge in [-0.2, -0.15) is 0 Å². The van der Waals surface area contributed by atoms with Crippen LogP contribution in [0.5, 0.6) is 0 Å². The van der Waals surface area contributed by atoms with Gasteiger partial charge in [0.2, 0.25) is 0 Å². The minimum absolute atomic E-state index is 0.146. The van der Waals surface area contributed by atoms with Crippen LogP contribution in [0.3, 0.4) is 0 Å². The van der Waals surface area contributed by atoms with Gasteiger partial charge in [0, 0.05) is 6.54 Å². The van der Waals surface area contributed by atoms with Crippen LogP contribution in [0, 0.1) is 0 Å². The van der Waals surface area contributed by atoms with Crippen LogP contribution in [0.15, 0.2) is 91.0 Å². The highest BCUT2D eigenvalue weighted by molar-refractivity contribution is 5.74. The van der Waals surface area contributed by atoms with Crippen molar-refractivity contribution in [2.75, 3.05) is 13.2 Å². The molecule has 0 aliphatic carbocycles. The maximum Gasteiger partial charge on any atom is 0.410 e. The maximum absolute atomic E-state index is 11.8. The van der Waals surface area contributed by atoms with Gasteiger partial charge in [0.25, 0.3) is 0 Å². The number of carbonyl (C=O) groups excluding carboxylic acids is 1. The second kappa shape index (κ2) is 6.80. The standard InChI is InChI=1S/C24H21NO3/c26-23-25-16-21(25)22(28-23)17-27-24(18-10-4-1-5-11-18,19-12-6-2-7-13-19)20-14-8-3-9-15-20/h1-15,21-22H,16-17H2/t21-,22-,25?/m0/s1. The molecule has 4 nitrogen and oxygen atoms in total. The fraction of sp³-hybridized carbons (Fsp3) is 0.208. The van der Waals surface area contributed by atoms with Gasteiger partial charge in [-0.15, -0.1) is 0 Å². The van der Waals surface area contributed by atoms with Crippen molar-refractivity contribution in [2.45, 2.75) is 17.7 Å². The van der Waals surface area contributed by atoms with E-state index in [1.807, 2.05) is 54.6 Å². The summed E-state index contributed by atoms with van der Waals surface area (Å²) in [5.74, 6) is 0. The largest absolute Gasteiger partial charge is 0.441 e. The third kappa shape index (κ3) is 2.77. The lowest BCUT2D eigenvalue weighted by Gasteiger charge is -2.36. The van der Waals surface area contributed by atoms with Crippen LogP contribution < -0.4 is 0 Å². The molecule has 0 aromatic heterocycles. The third-order valence-electron chi connectivity index (χ3n) is 5.57. The number of benzene rings is 3. The van der Waals surface area contributed by atoms with Crippen molar-refractivity contribution in [3.63, 3.8) is 0 Å². The van der Waals surface area contributed by atoms with Crippen LogP contribution in [0.25, 0.3) is 0 Å². The molecule has 0 radical (unpaired) electrons. The number of carbonyl (C=O) groups is 1. The Morgan fingerprint density at radius 1 is 0.821 bits per heavy atom. The molecule has 0 unspecified atom stereocenters. The first-order valence-electron chi connectivity index (χ1n) is 9.57. The van der Waals surface area contributed by atoms with Crippen molar-refractivity contribution in [1.82, 2.24) is 4.90 Å². The van der Waals surface area contributed by atoms with Crippen LogP contribution in [-0.4, -0.2) is 36.3 Å². The van der Waals surface area contributed by atoms with E-state index in [1.54, 1.807) is 4.90 Å². The first kappa shape index (κ1) is 17.0. The summed E-state index contributed by atoms with van der Waals surface area (Å²) in [5, 5.41) is 0. The molecule has 2 atom stereocenters. The molecule has 0 spiro atoms. The van der Waals surface area contributed by atoms with Gasteiger partial charge in [0.1, 0.15) is 11.7 Å². The number of hydrogen-bond acceptors (Lipinski definition) is 3. The van der Waals surface area contributed by atoms with E-state index in [0.29, 0.717) is 6.61 Å². The number of ether oxygens (including phenoxy) is 2. The Morgan fingerprint density at radius 2 is 1.29 bits per heavy atom. The monoisotopic (exact) mass is 371 g/mol. The predicted octanol–water partition coefficient (Wildman–Crippen LogP) is 4.20. The molecular formula is C24H21NO3. The van der Waals surface area contributed by atoms with Crippen molar-refractivity contribution >= 4 is 6.09 Å². The quantitative estimate of drug-likeness (QED) is 0.482. The summed E-state index contributed by atoms with van der Waals surface area (Å²) in [5.41, 5.74) is 2.36. The van der Waals surface area contributed by atoms with Crippen LogP contribution in [0.2, 0.25) is 0 Å². The Morgan fingerprint density at radius 3 is 1.64 bits per heavy atom. The molecule has 1 amide bonds. The maximum atomic E-state index is 11.8. The zero-order valence-corrected chi connectivity index (χ0v) is 15.4. The second-order valence-electron chi connectivity index (χ2n) is 7.23. The number of fused-ring (bicyclic) bond motifs is 1. The fourth-order valence-corrected chi connectivity index (χ4v) is 4.08. The van der Waals surface area contributed by atoms with Crippen molar-refractivity contribution in [1.29, 1.82) is 0 Å². The van der Waals surface area contributed by atoms with Crippen LogP contribution in [-0.2, 0) is 15.1 Å². The Hall–Kier alpha value is -3.11. The number of nitrogens with zero attached hydrogens (tertiary/aromatic N) is 1. The number of rotatable bonds is 6. The summed E-state index contributed by atoms with van der Waals surface area (Å²) < 4.78 is 12.2. The minimum atomic E-state index is -0.779. The lowest BCUT2D eigenvalue weighted by Crippen LogP contribution is -2.37. The highest BCUT2D eigenvalue weighted by Gasteiger charge is 2.54. The Kier molecular flexibility index (Phi) is 4.14. The Balaban J connectivity index is 1.61. The smallest absolute Gasteiger partial charge is 0.410 e. The number of amides is 1. The summed E-state index contributed by atoms with van der Waals surface area (Å²) in [6, 6.07) is 30.8. The normalized spacial score (nSPS) is 20.6. The summed E-state index contributed by atoms with van der Waals surface area (Å²) in [6.07, 6.45) is -0.466. The molecule has 5 rings (SSSR count). The Bertz CT molecular complexity index is 862. The molecule has 140 valence electrons. The summed E-state index contributed by atoms with van der Waals surface area (Å²) in [7, 11) is 0. The zero-order valence-electron chi connectivity index (χ0n) is 15.4. The lowest BCUT2D eigenvalue weighted by molar-refractivity contribution is -0.0340. The summed E-state index contributed by atoms with van der Waals surface area (Å²) in [6.45, 7) is 1.10. The van der Waals surface area contributed by atoms with Crippen molar-refractivity contribution in [3.05, 3.63) is 108 Å². The SMILES string of the molecule is O=C1O[C@@H](COC(c2ccccc2)(c2ccccc2)c2ccccc2)[C@@H]2CN12. The predicted molar refractivity (Wildman–Crippen MR) is 106 cm³/mol. The number of cyclic esters (lactones) is 1. The van der Waals surface area contributed by atoms with E-state index in [4.69, 9.17) is 9.47 Å². The molecule has 2 aliphatic heterocycles. The van der Waals surface area contributed by atoms with Gasteiger partial charge in [0.05, 0.1) is 12.6 Å². The molecule has 2 aliphatic rings. The number of hydrogen-bond donors (Lipinski definition) is 0. The van der Waals surface area contributed by atoms with E-state index in [0.717, 1.165) is 23.2 Å².